The SMILES string of the molecule is CCOC(=O)c1cc(CC)sc1NC(=O)CSc1nnc(-c2ccc(OCC(C)C)cc2)n1CC. The highest BCUT2D eigenvalue weighted by atomic mass is 32.2. The third kappa shape index (κ3) is 7.08. The molecule has 3 aromatic rings. The molecule has 0 aliphatic carbocycles. The summed E-state index contributed by atoms with van der Waals surface area (Å²) in [5.41, 5.74) is 1.32. The Hall–Kier alpha value is -2.85. The first-order chi connectivity index (χ1) is 16.9. The Balaban J connectivity index is 1.66. The molecular weight excluding hydrogens is 484 g/mol. The number of thiophene rings is 1. The highest BCUT2D eigenvalue weighted by Crippen LogP contribution is 2.30. The number of carbonyl (C=O) groups excluding carboxylic acids is 2. The maximum atomic E-state index is 12.7. The average Bonchev–Trinajstić information content (AvgIpc) is 3.45. The van der Waals surface area contributed by atoms with Crippen molar-refractivity contribution < 1.29 is 19.1 Å². The first kappa shape index (κ1) is 26.7. The summed E-state index contributed by atoms with van der Waals surface area (Å²) >= 11 is 2.70. The molecule has 2 aromatic heterocycles. The quantitative estimate of drug-likeness (QED) is 0.250. The summed E-state index contributed by atoms with van der Waals surface area (Å²) in [6, 6.07) is 9.57. The fourth-order valence-corrected chi connectivity index (χ4v) is 5.02. The van der Waals surface area contributed by atoms with E-state index in [0.29, 0.717) is 34.8 Å². The third-order valence-electron chi connectivity index (χ3n) is 4.94. The number of nitrogens with one attached hydrogen (secondary N) is 1. The van der Waals surface area contributed by atoms with Gasteiger partial charge in [-0.05, 0) is 56.5 Å². The minimum absolute atomic E-state index is 0.141. The maximum absolute atomic E-state index is 12.7. The highest BCUT2D eigenvalue weighted by molar-refractivity contribution is 7.99. The van der Waals surface area contributed by atoms with Crippen molar-refractivity contribution in [3.05, 3.63) is 40.8 Å². The smallest absolute Gasteiger partial charge is 0.341 e. The van der Waals surface area contributed by atoms with Gasteiger partial charge in [-0.2, -0.15) is 0 Å². The summed E-state index contributed by atoms with van der Waals surface area (Å²) in [6.07, 6.45) is 0.773. The Morgan fingerprint density at radius 3 is 2.51 bits per heavy atom. The number of ether oxygens (including phenoxy) is 2. The number of aryl methyl sites for hydroxylation is 1. The molecule has 8 nitrogen and oxygen atoms in total. The van der Waals surface area contributed by atoms with Crippen molar-refractivity contribution >= 4 is 40.0 Å². The minimum atomic E-state index is -0.428. The largest absolute Gasteiger partial charge is 0.493 e. The van der Waals surface area contributed by atoms with Crippen molar-refractivity contribution in [2.24, 2.45) is 5.92 Å². The lowest BCUT2D eigenvalue weighted by atomic mass is 10.2. The molecule has 0 atom stereocenters. The van der Waals surface area contributed by atoms with E-state index in [1.54, 1.807) is 13.0 Å². The Bertz CT molecular complexity index is 1140. The molecule has 0 unspecified atom stereocenters. The first-order valence-electron chi connectivity index (χ1n) is 11.7. The van der Waals surface area contributed by atoms with Crippen molar-refractivity contribution in [2.45, 2.75) is 52.7 Å². The summed E-state index contributed by atoms with van der Waals surface area (Å²) in [7, 11) is 0. The first-order valence-corrected chi connectivity index (χ1v) is 13.5. The van der Waals surface area contributed by atoms with Crippen LogP contribution in [0.4, 0.5) is 5.00 Å². The zero-order chi connectivity index (χ0) is 25.4. The number of hydrogen-bond donors (Lipinski definition) is 1. The van der Waals surface area contributed by atoms with E-state index in [1.807, 2.05) is 42.7 Å². The van der Waals surface area contributed by atoms with Crippen LogP contribution in [-0.4, -0.2) is 45.6 Å². The van der Waals surface area contributed by atoms with Gasteiger partial charge in [-0.1, -0.05) is 32.5 Å². The number of aromatic nitrogens is 3. The molecule has 1 amide bonds. The Kier molecular flexibility index (Phi) is 9.73. The summed E-state index contributed by atoms with van der Waals surface area (Å²) in [6.45, 7) is 11.6. The van der Waals surface area contributed by atoms with Crippen LogP contribution in [0.2, 0.25) is 0 Å². The number of amides is 1. The summed E-state index contributed by atoms with van der Waals surface area (Å²) in [5, 5.41) is 12.7. The zero-order valence-corrected chi connectivity index (χ0v) is 22.4. The topological polar surface area (TPSA) is 95.3 Å². The number of thioether (sulfide) groups is 1. The lowest BCUT2D eigenvalue weighted by Gasteiger charge is -2.10. The van der Waals surface area contributed by atoms with Gasteiger partial charge in [-0.25, -0.2) is 4.79 Å². The van der Waals surface area contributed by atoms with E-state index in [-0.39, 0.29) is 18.3 Å². The number of esters is 1. The number of rotatable bonds is 12. The minimum Gasteiger partial charge on any atom is -0.493 e. The van der Waals surface area contributed by atoms with Gasteiger partial charge in [0.1, 0.15) is 10.8 Å². The van der Waals surface area contributed by atoms with E-state index in [4.69, 9.17) is 9.47 Å². The van der Waals surface area contributed by atoms with Crippen LogP contribution in [0, 0.1) is 5.92 Å². The molecule has 188 valence electrons. The van der Waals surface area contributed by atoms with Gasteiger partial charge < -0.3 is 19.4 Å². The average molecular weight is 517 g/mol. The second-order valence-corrected chi connectivity index (χ2v) is 10.2. The Morgan fingerprint density at radius 1 is 1.14 bits per heavy atom. The molecule has 0 spiro atoms. The van der Waals surface area contributed by atoms with Gasteiger partial charge in [0.15, 0.2) is 11.0 Å². The van der Waals surface area contributed by atoms with Crippen molar-refractivity contribution in [1.82, 2.24) is 14.8 Å². The number of benzene rings is 1. The molecule has 3 rings (SSSR count). The van der Waals surface area contributed by atoms with Crippen molar-refractivity contribution in [3.8, 4) is 17.1 Å². The maximum Gasteiger partial charge on any atom is 0.341 e. The van der Waals surface area contributed by atoms with Gasteiger partial charge in [0.2, 0.25) is 5.91 Å². The van der Waals surface area contributed by atoms with E-state index in [2.05, 4.69) is 29.4 Å². The highest BCUT2D eigenvalue weighted by Gasteiger charge is 2.20. The molecule has 0 aliphatic heterocycles. The van der Waals surface area contributed by atoms with Crippen molar-refractivity contribution in [1.29, 1.82) is 0 Å². The number of hydrogen-bond acceptors (Lipinski definition) is 8. The van der Waals surface area contributed by atoms with Gasteiger partial charge >= 0.3 is 5.97 Å². The lowest BCUT2D eigenvalue weighted by molar-refractivity contribution is -0.113. The molecule has 0 fully saturated rings. The van der Waals surface area contributed by atoms with E-state index in [0.717, 1.165) is 28.4 Å². The standard InChI is InChI=1S/C25H32N4O4S2/c1-6-19-13-20(24(31)32-8-3)23(35-19)26-21(30)15-34-25-28-27-22(29(25)7-2)17-9-11-18(12-10-17)33-14-16(4)5/h9-13,16H,6-8,14-15H2,1-5H3,(H,26,30). The van der Waals surface area contributed by atoms with Gasteiger partial charge in [-0.3, -0.25) is 4.79 Å². The molecule has 10 heteroatoms. The molecule has 0 saturated carbocycles. The fourth-order valence-electron chi connectivity index (χ4n) is 3.22. The summed E-state index contributed by atoms with van der Waals surface area (Å²) in [5.74, 6) is 1.51. The zero-order valence-electron chi connectivity index (χ0n) is 20.8. The van der Waals surface area contributed by atoms with Crippen LogP contribution in [0.25, 0.3) is 11.4 Å². The third-order valence-corrected chi connectivity index (χ3v) is 7.10. The van der Waals surface area contributed by atoms with Gasteiger partial charge in [0.05, 0.1) is 24.5 Å². The van der Waals surface area contributed by atoms with E-state index in [9.17, 15) is 9.59 Å². The van der Waals surface area contributed by atoms with Crippen molar-refractivity contribution in [2.75, 3.05) is 24.3 Å². The normalized spacial score (nSPS) is 11.0. The van der Waals surface area contributed by atoms with Crippen LogP contribution >= 0.6 is 23.1 Å². The van der Waals surface area contributed by atoms with Crippen LogP contribution in [0.3, 0.4) is 0 Å². The predicted molar refractivity (Wildman–Crippen MR) is 140 cm³/mol. The van der Waals surface area contributed by atoms with E-state index < -0.39 is 5.97 Å². The molecular formula is C25H32N4O4S2. The summed E-state index contributed by atoms with van der Waals surface area (Å²) < 4.78 is 12.9. The molecule has 0 bridgehead atoms. The Morgan fingerprint density at radius 2 is 1.89 bits per heavy atom. The number of anilines is 1. The second kappa shape index (κ2) is 12.7. The molecule has 0 saturated heterocycles. The van der Waals surface area contributed by atoms with E-state index >= 15 is 0 Å². The molecule has 1 N–H and O–H groups in total. The lowest BCUT2D eigenvalue weighted by Crippen LogP contribution is -2.16. The second-order valence-electron chi connectivity index (χ2n) is 8.15. The van der Waals surface area contributed by atoms with Crippen LogP contribution in [0.5, 0.6) is 5.75 Å². The van der Waals surface area contributed by atoms with Gasteiger partial charge in [0.25, 0.3) is 0 Å². The number of carbonyl (C=O) groups is 2. The predicted octanol–water partition coefficient (Wildman–Crippen LogP) is 5.53. The molecule has 35 heavy (non-hydrogen) atoms. The molecule has 2 heterocycles. The molecule has 0 aliphatic rings. The van der Waals surface area contributed by atoms with Crippen LogP contribution in [-0.2, 0) is 22.5 Å². The molecule has 0 radical (unpaired) electrons. The van der Waals surface area contributed by atoms with Crippen LogP contribution < -0.4 is 10.1 Å². The number of nitrogens with zero attached hydrogens (tertiary/aromatic N) is 3. The van der Waals surface area contributed by atoms with Gasteiger partial charge in [0, 0.05) is 17.0 Å². The monoisotopic (exact) mass is 516 g/mol. The summed E-state index contributed by atoms with van der Waals surface area (Å²) in [4.78, 5) is 26.0. The Labute approximate surface area is 214 Å². The fraction of sp³-hybridized carbons (Fsp3) is 0.440. The van der Waals surface area contributed by atoms with Crippen LogP contribution in [0.15, 0.2) is 35.5 Å². The molecule has 1 aromatic carbocycles. The van der Waals surface area contributed by atoms with Crippen molar-refractivity contribution in [3.63, 3.8) is 0 Å². The van der Waals surface area contributed by atoms with Crippen LogP contribution in [0.1, 0.15) is 49.9 Å². The van der Waals surface area contributed by atoms with E-state index in [1.165, 1.54) is 23.1 Å². The van der Waals surface area contributed by atoms with Gasteiger partial charge in [-0.15, -0.1) is 21.5 Å².